The van der Waals surface area contributed by atoms with E-state index in [-0.39, 0.29) is 5.78 Å². The number of halogens is 4. The van der Waals surface area contributed by atoms with Crippen molar-refractivity contribution in [2.75, 3.05) is 0 Å². The summed E-state index contributed by atoms with van der Waals surface area (Å²) >= 11 is 4.15. The predicted octanol–water partition coefficient (Wildman–Crippen LogP) is 2.43. The van der Waals surface area contributed by atoms with Crippen molar-refractivity contribution in [3.05, 3.63) is 21.9 Å². The molecule has 0 aliphatic heterocycles. The number of thiophene rings is 1. The van der Waals surface area contributed by atoms with E-state index in [2.05, 4.69) is 15.9 Å². The number of Topliss-reactive ketones (excluding diaryl/α,β-unsaturated/α-hetero) is 1. The van der Waals surface area contributed by atoms with E-state index in [0.29, 0.717) is 10.4 Å². The minimum absolute atomic E-state index is 0.303. The quantitative estimate of drug-likeness (QED) is 0.805. The fraction of sp³-hybridized carbons (Fsp3) is 0.333. The zero-order chi connectivity index (χ0) is 12.8. The third kappa shape index (κ3) is 2.11. The number of carbonyl (C=O) groups excluding carboxylic acids is 2. The highest BCUT2D eigenvalue weighted by atomic mass is 79.9. The Bertz CT molecular complexity index is 485. The molecule has 0 spiro atoms. The topological polar surface area (TPSA) is 46.2 Å². The van der Waals surface area contributed by atoms with Crippen LogP contribution in [0.1, 0.15) is 21.3 Å². The minimum atomic E-state index is -4.95. The summed E-state index contributed by atoms with van der Waals surface area (Å²) in [5, 5.41) is 3.42. The lowest BCUT2D eigenvalue weighted by Gasteiger charge is -2.17. The Morgan fingerprint density at radius 1 is 1.47 bits per heavy atom. The molecule has 1 heterocycles. The Balaban J connectivity index is 2.24. The van der Waals surface area contributed by atoms with Crippen molar-refractivity contribution in [2.24, 2.45) is 0 Å². The maximum atomic E-state index is 12.1. The highest BCUT2D eigenvalue weighted by Gasteiger charge is 2.45. The summed E-state index contributed by atoms with van der Waals surface area (Å²) in [6.45, 7) is 0. The SMILES string of the molecule is O=C1c2sccc2[C@@H](NC(=O)C(F)(F)F)[C@H]1Br. The van der Waals surface area contributed by atoms with Crippen molar-refractivity contribution >= 4 is 39.0 Å². The second kappa shape index (κ2) is 4.09. The van der Waals surface area contributed by atoms with E-state index in [1.165, 1.54) is 0 Å². The standard InChI is InChI=1S/C9H5BrF3NO2S/c10-4-5(14-8(16)9(11,12)13)3-1-2-17-7(3)6(4)15/h1-2,4-5H,(H,14,16)/t4-,5-/m1/s1. The molecule has 1 N–H and O–H groups in total. The van der Waals surface area contributed by atoms with Gasteiger partial charge in [-0.3, -0.25) is 9.59 Å². The Hall–Kier alpha value is -0.890. The molecule has 0 aromatic carbocycles. The van der Waals surface area contributed by atoms with Crippen LogP contribution in [0.25, 0.3) is 0 Å². The molecular formula is C9H5BrF3NO2S. The fourth-order valence-electron chi connectivity index (χ4n) is 1.57. The van der Waals surface area contributed by atoms with Crippen molar-refractivity contribution in [2.45, 2.75) is 17.0 Å². The Morgan fingerprint density at radius 2 is 2.12 bits per heavy atom. The maximum Gasteiger partial charge on any atom is 0.471 e. The smallest absolute Gasteiger partial charge is 0.340 e. The summed E-state index contributed by atoms with van der Waals surface area (Å²) in [6, 6.07) is 0.582. The molecule has 1 aliphatic carbocycles. The zero-order valence-corrected chi connectivity index (χ0v) is 10.4. The summed E-state index contributed by atoms with van der Waals surface area (Å²) in [5.74, 6) is -2.35. The van der Waals surface area contributed by atoms with Gasteiger partial charge in [0, 0.05) is 0 Å². The number of rotatable bonds is 1. The average molecular weight is 328 g/mol. The van der Waals surface area contributed by atoms with Gasteiger partial charge in [0.05, 0.1) is 10.9 Å². The van der Waals surface area contributed by atoms with Gasteiger partial charge in [-0.2, -0.15) is 13.2 Å². The lowest BCUT2D eigenvalue weighted by atomic mass is 10.2. The first-order chi connectivity index (χ1) is 7.82. The van der Waals surface area contributed by atoms with Gasteiger partial charge in [0.25, 0.3) is 0 Å². The van der Waals surface area contributed by atoms with E-state index in [0.717, 1.165) is 11.3 Å². The molecule has 92 valence electrons. The zero-order valence-electron chi connectivity index (χ0n) is 8.05. The predicted molar refractivity (Wildman–Crippen MR) is 58.3 cm³/mol. The molecule has 1 aliphatic rings. The third-order valence-corrected chi connectivity index (χ3v) is 4.23. The van der Waals surface area contributed by atoms with Crippen LogP contribution in [0.4, 0.5) is 13.2 Å². The van der Waals surface area contributed by atoms with E-state index < -0.39 is 23.0 Å². The largest absolute Gasteiger partial charge is 0.471 e. The van der Waals surface area contributed by atoms with Crippen LogP contribution in [0, 0.1) is 0 Å². The highest BCUT2D eigenvalue weighted by Crippen LogP contribution is 2.39. The molecule has 0 saturated heterocycles. The first-order valence-corrected chi connectivity index (χ1v) is 6.25. The van der Waals surface area contributed by atoms with Gasteiger partial charge in [-0.05, 0) is 17.0 Å². The van der Waals surface area contributed by atoms with Gasteiger partial charge < -0.3 is 5.32 Å². The molecule has 0 fully saturated rings. The highest BCUT2D eigenvalue weighted by molar-refractivity contribution is 9.10. The average Bonchev–Trinajstić information content (AvgIpc) is 2.76. The van der Waals surface area contributed by atoms with E-state index in [1.807, 2.05) is 5.32 Å². The Morgan fingerprint density at radius 3 is 2.71 bits per heavy atom. The second-order valence-corrected chi connectivity index (χ2v) is 5.32. The molecule has 1 aromatic heterocycles. The number of alkyl halides is 4. The molecular weight excluding hydrogens is 323 g/mol. The van der Waals surface area contributed by atoms with Gasteiger partial charge in [0.1, 0.15) is 4.83 Å². The van der Waals surface area contributed by atoms with Crippen LogP contribution < -0.4 is 5.32 Å². The lowest BCUT2D eigenvalue weighted by Crippen LogP contribution is -2.41. The van der Waals surface area contributed by atoms with Crippen molar-refractivity contribution in [1.29, 1.82) is 0 Å². The number of ketones is 1. The molecule has 3 nitrogen and oxygen atoms in total. The van der Waals surface area contributed by atoms with Crippen molar-refractivity contribution in [3.63, 3.8) is 0 Å². The number of amides is 1. The molecule has 0 saturated carbocycles. The van der Waals surface area contributed by atoms with Crippen molar-refractivity contribution < 1.29 is 22.8 Å². The molecule has 0 radical (unpaired) electrons. The van der Waals surface area contributed by atoms with Crippen molar-refractivity contribution in [3.8, 4) is 0 Å². The van der Waals surface area contributed by atoms with E-state index in [1.54, 1.807) is 11.4 Å². The van der Waals surface area contributed by atoms with Crippen LogP contribution in [-0.2, 0) is 4.79 Å². The number of nitrogens with one attached hydrogen (secondary N) is 1. The molecule has 1 aromatic rings. The van der Waals surface area contributed by atoms with E-state index in [4.69, 9.17) is 0 Å². The summed E-state index contributed by atoms with van der Waals surface area (Å²) in [4.78, 5) is 22.0. The summed E-state index contributed by atoms with van der Waals surface area (Å²) in [6.07, 6.45) is -4.95. The van der Waals surface area contributed by atoms with E-state index >= 15 is 0 Å². The number of fused-ring (bicyclic) bond motifs is 1. The number of carbonyl (C=O) groups is 2. The van der Waals surface area contributed by atoms with Crippen molar-refractivity contribution in [1.82, 2.24) is 5.32 Å². The number of hydrogen-bond donors (Lipinski definition) is 1. The van der Waals surface area contributed by atoms with Gasteiger partial charge in [-0.25, -0.2) is 0 Å². The summed E-state index contributed by atoms with van der Waals surface area (Å²) in [7, 11) is 0. The van der Waals surface area contributed by atoms with Crippen LogP contribution in [0.5, 0.6) is 0 Å². The van der Waals surface area contributed by atoms with Crippen LogP contribution in [0.3, 0.4) is 0 Å². The normalized spacial score (nSPS) is 23.6. The van der Waals surface area contributed by atoms with Gasteiger partial charge in [-0.1, -0.05) is 15.9 Å². The van der Waals surface area contributed by atoms with Gasteiger partial charge in [0.2, 0.25) is 0 Å². The lowest BCUT2D eigenvalue weighted by molar-refractivity contribution is -0.174. The Labute approximate surface area is 106 Å². The third-order valence-electron chi connectivity index (χ3n) is 2.34. The summed E-state index contributed by atoms with van der Waals surface area (Å²) < 4.78 is 36.4. The minimum Gasteiger partial charge on any atom is -0.340 e. The van der Waals surface area contributed by atoms with Crippen LogP contribution in [0.15, 0.2) is 11.4 Å². The first-order valence-electron chi connectivity index (χ1n) is 4.45. The molecule has 0 unspecified atom stereocenters. The van der Waals surface area contributed by atoms with Crippen LogP contribution in [-0.4, -0.2) is 22.7 Å². The Kier molecular flexibility index (Phi) is 3.03. The molecule has 17 heavy (non-hydrogen) atoms. The van der Waals surface area contributed by atoms with Gasteiger partial charge in [0.15, 0.2) is 5.78 Å². The van der Waals surface area contributed by atoms with Crippen LogP contribution in [0.2, 0.25) is 0 Å². The maximum absolute atomic E-state index is 12.1. The van der Waals surface area contributed by atoms with Gasteiger partial charge in [-0.15, -0.1) is 11.3 Å². The molecule has 2 atom stereocenters. The monoisotopic (exact) mass is 327 g/mol. The fourth-order valence-corrected chi connectivity index (χ4v) is 3.29. The molecule has 1 amide bonds. The van der Waals surface area contributed by atoms with Gasteiger partial charge >= 0.3 is 12.1 Å². The molecule has 0 bridgehead atoms. The first kappa shape index (κ1) is 12.6. The van der Waals surface area contributed by atoms with E-state index in [9.17, 15) is 22.8 Å². The molecule has 8 heteroatoms. The second-order valence-electron chi connectivity index (χ2n) is 3.42. The molecule has 2 rings (SSSR count). The van der Waals surface area contributed by atoms with Crippen LogP contribution >= 0.6 is 27.3 Å². The summed E-state index contributed by atoms with van der Waals surface area (Å²) in [5.41, 5.74) is 0.430. The number of hydrogen-bond acceptors (Lipinski definition) is 3.